The molecule has 1 saturated carbocycles. The molecule has 15 heavy (non-hydrogen) atoms. The summed E-state index contributed by atoms with van der Waals surface area (Å²) >= 11 is 3.55. The lowest BCUT2D eigenvalue weighted by Gasteiger charge is -2.04. The molecule has 0 radical (unpaired) electrons. The number of benzene rings is 1. The zero-order chi connectivity index (χ0) is 11.2. The highest BCUT2D eigenvalue weighted by molar-refractivity contribution is 9.10. The van der Waals surface area contributed by atoms with E-state index in [4.69, 9.17) is 0 Å². The Hall–Kier alpha value is -0.630. The number of halogens is 1. The van der Waals surface area contributed by atoms with Crippen LogP contribution in [0.1, 0.15) is 32.3 Å². The summed E-state index contributed by atoms with van der Waals surface area (Å²) in [6.45, 7) is 6.04. The first-order valence-electron chi connectivity index (χ1n) is 5.21. The van der Waals surface area contributed by atoms with Gasteiger partial charge in [0.25, 0.3) is 0 Å². The third-order valence-corrected chi connectivity index (χ3v) is 4.23. The maximum absolute atomic E-state index is 11.5. The second-order valence-electron chi connectivity index (χ2n) is 4.91. The van der Waals surface area contributed by atoms with Crippen LogP contribution in [-0.4, -0.2) is 5.78 Å². The van der Waals surface area contributed by atoms with Gasteiger partial charge in [-0.2, -0.15) is 0 Å². The third kappa shape index (κ3) is 1.65. The van der Waals surface area contributed by atoms with E-state index in [1.807, 2.05) is 18.2 Å². The summed E-state index contributed by atoms with van der Waals surface area (Å²) in [5.74, 6) is 0.877. The van der Waals surface area contributed by atoms with Gasteiger partial charge in [0.05, 0.1) is 0 Å². The molecule has 1 fully saturated rings. The first-order valence-corrected chi connectivity index (χ1v) is 6.00. The second-order valence-corrected chi connectivity index (χ2v) is 5.76. The van der Waals surface area contributed by atoms with Crippen molar-refractivity contribution >= 4 is 21.7 Å². The van der Waals surface area contributed by atoms with Gasteiger partial charge >= 0.3 is 0 Å². The molecule has 0 bridgehead atoms. The number of hydrogen-bond donors (Lipinski definition) is 0. The summed E-state index contributed by atoms with van der Waals surface area (Å²) in [4.78, 5) is 11.5. The predicted molar refractivity (Wildman–Crippen MR) is 64.8 cm³/mol. The van der Waals surface area contributed by atoms with Crippen molar-refractivity contribution in [3.05, 3.63) is 34.3 Å². The van der Waals surface area contributed by atoms with Crippen molar-refractivity contribution in [2.45, 2.75) is 26.7 Å². The van der Waals surface area contributed by atoms with Crippen molar-refractivity contribution in [2.75, 3.05) is 0 Å². The largest absolute Gasteiger partial charge is 0.300 e. The van der Waals surface area contributed by atoms with Gasteiger partial charge in [0, 0.05) is 16.3 Å². The Kier molecular flexibility index (Phi) is 2.50. The van der Waals surface area contributed by atoms with E-state index in [1.54, 1.807) is 6.92 Å². The zero-order valence-electron chi connectivity index (χ0n) is 9.25. The van der Waals surface area contributed by atoms with Crippen LogP contribution in [0, 0.1) is 11.3 Å². The molecule has 0 aliphatic heterocycles. The molecule has 1 aromatic carbocycles. The predicted octanol–water partition coefficient (Wildman–Crippen LogP) is 3.78. The third-order valence-electron chi connectivity index (χ3n) is 3.51. The number of carbonyl (C=O) groups is 1. The highest BCUT2D eigenvalue weighted by Gasteiger charge is 2.61. The van der Waals surface area contributed by atoms with E-state index in [-0.39, 0.29) is 11.3 Å². The van der Waals surface area contributed by atoms with Crippen molar-refractivity contribution in [1.82, 2.24) is 0 Å². The lowest BCUT2D eigenvalue weighted by Crippen LogP contribution is -1.99. The fraction of sp³-hybridized carbons (Fsp3) is 0.462. The topological polar surface area (TPSA) is 17.1 Å². The number of ketones is 1. The van der Waals surface area contributed by atoms with Crippen molar-refractivity contribution in [3.63, 3.8) is 0 Å². The molecular formula is C13H15BrO. The molecule has 0 N–H and O–H groups in total. The lowest BCUT2D eigenvalue weighted by atomic mass is 10.0. The quantitative estimate of drug-likeness (QED) is 0.797. The van der Waals surface area contributed by atoms with Crippen molar-refractivity contribution < 1.29 is 4.79 Å². The van der Waals surface area contributed by atoms with Crippen LogP contribution in [0.15, 0.2) is 28.7 Å². The molecule has 2 atom stereocenters. The number of carbonyl (C=O) groups excluding carboxylic acids is 1. The summed E-state index contributed by atoms with van der Waals surface area (Å²) in [5.41, 5.74) is 1.39. The lowest BCUT2D eigenvalue weighted by molar-refractivity contribution is -0.118. The van der Waals surface area contributed by atoms with Crippen molar-refractivity contribution in [2.24, 2.45) is 11.3 Å². The highest BCUT2D eigenvalue weighted by Crippen LogP contribution is 2.65. The van der Waals surface area contributed by atoms with E-state index in [0.29, 0.717) is 11.7 Å². The maximum Gasteiger partial charge on any atom is 0.134 e. The van der Waals surface area contributed by atoms with Gasteiger partial charge in [0.1, 0.15) is 5.78 Å². The molecule has 1 nitrogen and oxygen atoms in total. The van der Waals surface area contributed by atoms with Crippen LogP contribution in [0.4, 0.5) is 0 Å². The Morgan fingerprint density at radius 1 is 1.33 bits per heavy atom. The summed E-state index contributed by atoms with van der Waals surface area (Å²) < 4.78 is 1.12. The van der Waals surface area contributed by atoms with E-state index in [9.17, 15) is 4.79 Å². The molecule has 2 rings (SSSR count). The van der Waals surface area contributed by atoms with E-state index in [2.05, 4.69) is 35.8 Å². The first-order chi connectivity index (χ1) is 6.96. The van der Waals surface area contributed by atoms with Crippen LogP contribution >= 0.6 is 15.9 Å². The standard InChI is InChI=1S/C13H15BrO/c1-8(15)11-12(13(11,2)3)9-6-4-5-7-10(9)14/h4-7,11-12H,1-3H3. The maximum atomic E-state index is 11.5. The van der Waals surface area contributed by atoms with E-state index < -0.39 is 0 Å². The van der Waals surface area contributed by atoms with Gasteiger partial charge in [0.15, 0.2) is 0 Å². The molecule has 0 amide bonds. The fourth-order valence-electron chi connectivity index (χ4n) is 2.70. The van der Waals surface area contributed by atoms with Gasteiger partial charge in [-0.05, 0) is 24.0 Å². The molecule has 1 aromatic rings. The molecule has 80 valence electrons. The molecule has 2 unspecified atom stereocenters. The van der Waals surface area contributed by atoms with Gasteiger partial charge in [-0.1, -0.05) is 48.0 Å². The van der Waals surface area contributed by atoms with Gasteiger partial charge in [0.2, 0.25) is 0 Å². The number of rotatable bonds is 2. The molecule has 2 heteroatoms. The SMILES string of the molecule is CC(=O)C1C(c2ccccc2Br)C1(C)C. The normalized spacial score (nSPS) is 27.5. The van der Waals surface area contributed by atoms with Crippen LogP contribution in [0.25, 0.3) is 0 Å². The summed E-state index contributed by atoms with van der Waals surface area (Å²) in [6.07, 6.45) is 0. The Labute approximate surface area is 99.0 Å². The van der Waals surface area contributed by atoms with Crippen LogP contribution in [0.2, 0.25) is 0 Å². The fourth-order valence-corrected chi connectivity index (χ4v) is 3.24. The number of hydrogen-bond acceptors (Lipinski definition) is 1. The van der Waals surface area contributed by atoms with Crippen molar-refractivity contribution in [1.29, 1.82) is 0 Å². The minimum Gasteiger partial charge on any atom is -0.300 e. The zero-order valence-corrected chi connectivity index (χ0v) is 10.8. The second kappa shape index (κ2) is 3.44. The van der Waals surface area contributed by atoms with Gasteiger partial charge in [-0.15, -0.1) is 0 Å². The average Bonchev–Trinajstić information content (AvgIpc) is 2.70. The highest BCUT2D eigenvalue weighted by atomic mass is 79.9. The molecule has 1 aliphatic rings. The van der Waals surface area contributed by atoms with E-state index >= 15 is 0 Å². The molecule has 0 aromatic heterocycles. The van der Waals surface area contributed by atoms with Crippen LogP contribution in [0.5, 0.6) is 0 Å². The average molecular weight is 267 g/mol. The summed E-state index contributed by atoms with van der Waals surface area (Å²) in [6, 6.07) is 8.19. The molecular weight excluding hydrogens is 252 g/mol. The molecule has 0 saturated heterocycles. The Bertz CT molecular complexity index is 409. The van der Waals surface area contributed by atoms with Crippen LogP contribution < -0.4 is 0 Å². The number of Topliss-reactive ketones (excluding diaryl/α,β-unsaturated/α-hetero) is 1. The Morgan fingerprint density at radius 3 is 2.40 bits per heavy atom. The van der Waals surface area contributed by atoms with Gasteiger partial charge in [-0.3, -0.25) is 4.79 Å². The summed E-state index contributed by atoms with van der Waals surface area (Å²) in [7, 11) is 0. The van der Waals surface area contributed by atoms with E-state index in [0.717, 1.165) is 4.47 Å². The van der Waals surface area contributed by atoms with Crippen LogP contribution in [0.3, 0.4) is 0 Å². The van der Waals surface area contributed by atoms with E-state index in [1.165, 1.54) is 5.56 Å². The molecule has 0 spiro atoms. The smallest absolute Gasteiger partial charge is 0.134 e. The minimum atomic E-state index is 0.121. The Balaban J connectivity index is 2.36. The molecule has 1 aliphatic carbocycles. The monoisotopic (exact) mass is 266 g/mol. The summed E-state index contributed by atoms with van der Waals surface area (Å²) in [5, 5.41) is 0. The first kappa shape index (κ1) is 10.9. The van der Waals surface area contributed by atoms with Gasteiger partial charge < -0.3 is 0 Å². The molecule has 0 heterocycles. The van der Waals surface area contributed by atoms with Crippen molar-refractivity contribution in [3.8, 4) is 0 Å². The van der Waals surface area contributed by atoms with Crippen LogP contribution in [-0.2, 0) is 4.79 Å². The Morgan fingerprint density at radius 2 is 1.93 bits per heavy atom. The minimum absolute atomic E-state index is 0.121. The van der Waals surface area contributed by atoms with Gasteiger partial charge in [-0.25, -0.2) is 0 Å².